The lowest BCUT2D eigenvalue weighted by Gasteiger charge is -2.65. The summed E-state index contributed by atoms with van der Waals surface area (Å²) in [6.07, 6.45) is 4.45. The molecule has 7 nitrogen and oxygen atoms in total. The highest BCUT2D eigenvalue weighted by Crippen LogP contribution is 2.73. The summed E-state index contributed by atoms with van der Waals surface area (Å²) in [6.45, 7) is 1.94. The van der Waals surface area contributed by atoms with Gasteiger partial charge in [0.15, 0.2) is 17.2 Å². The van der Waals surface area contributed by atoms with Crippen molar-refractivity contribution in [1.82, 2.24) is 4.90 Å². The van der Waals surface area contributed by atoms with Gasteiger partial charge in [-0.1, -0.05) is 24.3 Å². The van der Waals surface area contributed by atoms with Crippen molar-refractivity contribution < 1.29 is 24.5 Å². The van der Waals surface area contributed by atoms with Gasteiger partial charge in [-0.3, -0.25) is 14.6 Å². The van der Waals surface area contributed by atoms with Crippen LogP contribution in [0.1, 0.15) is 43.2 Å². The molecule has 0 spiro atoms. The fourth-order valence-corrected chi connectivity index (χ4v) is 9.03. The van der Waals surface area contributed by atoms with Crippen molar-refractivity contribution in [2.24, 2.45) is 11.8 Å². The smallest absolute Gasteiger partial charge is 0.259 e. The third-order valence-electron chi connectivity index (χ3n) is 10.4. The van der Waals surface area contributed by atoms with E-state index in [-0.39, 0.29) is 17.7 Å². The van der Waals surface area contributed by atoms with Crippen molar-refractivity contribution in [3.05, 3.63) is 53.6 Å². The van der Waals surface area contributed by atoms with Crippen LogP contribution in [0.5, 0.6) is 11.5 Å². The van der Waals surface area contributed by atoms with Crippen LogP contribution in [0, 0.1) is 11.8 Å². The minimum atomic E-state index is -1.38. The monoisotopic (exact) mass is 488 g/mol. The van der Waals surface area contributed by atoms with E-state index in [1.54, 1.807) is 12.0 Å². The van der Waals surface area contributed by atoms with Crippen LogP contribution < -0.4 is 9.64 Å². The van der Waals surface area contributed by atoms with Crippen LogP contribution >= 0.6 is 0 Å². The average Bonchev–Trinajstić information content (AvgIpc) is 3.61. The number of phenolic OH excluding ortho intramolecular Hbond substituents is 1. The van der Waals surface area contributed by atoms with Crippen LogP contribution in [0.4, 0.5) is 5.69 Å². The largest absolute Gasteiger partial charge is 0.504 e. The molecule has 0 radical (unpaired) electrons. The summed E-state index contributed by atoms with van der Waals surface area (Å²) in [5.74, 6) is 0.699. The van der Waals surface area contributed by atoms with Gasteiger partial charge in [0.1, 0.15) is 6.10 Å². The molecule has 188 valence electrons. The number of phenols is 1. The number of likely N-dealkylation sites (tertiary alicyclic amines) is 1. The number of aliphatic hydroxyl groups is 1. The molecule has 3 saturated heterocycles. The molecule has 3 aliphatic carbocycles. The predicted molar refractivity (Wildman–Crippen MR) is 132 cm³/mol. The van der Waals surface area contributed by atoms with Gasteiger partial charge in [0.05, 0.1) is 18.6 Å². The molecule has 0 aromatic heterocycles. The van der Waals surface area contributed by atoms with E-state index in [2.05, 4.69) is 11.0 Å². The van der Waals surface area contributed by atoms with Gasteiger partial charge >= 0.3 is 0 Å². The maximum Gasteiger partial charge on any atom is 0.259 e. The van der Waals surface area contributed by atoms with Gasteiger partial charge in [0, 0.05) is 29.3 Å². The van der Waals surface area contributed by atoms with Gasteiger partial charge in [0.25, 0.3) is 5.91 Å². The molecule has 2 aromatic rings. The Bertz CT molecular complexity index is 1280. The number of aromatic hydroxyl groups is 1. The Morgan fingerprint density at radius 3 is 2.67 bits per heavy atom. The molecule has 2 saturated carbocycles. The number of nitrogens with zero attached hydrogens (tertiary/aromatic N) is 2. The first kappa shape index (κ1) is 21.5. The molecule has 8 rings (SSSR count). The SMILES string of the molecule is COc1ccc2c(c1O)[C@]13CCN(CC4CC4)[C@H](C2)[C@@]12CC[C@]1(O)[C@H]3[C@H](O2)C(=O)N1c1ccccc1. The Morgan fingerprint density at radius 1 is 1.11 bits per heavy atom. The number of amides is 1. The number of ether oxygens (including phenoxy) is 2. The maximum atomic E-state index is 14.0. The zero-order valence-electron chi connectivity index (χ0n) is 20.5. The van der Waals surface area contributed by atoms with Crippen molar-refractivity contribution in [3.8, 4) is 11.5 Å². The summed E-state index contributed by atoms with van der Waals surface area (Å²) in [5, 5.41) is 24.1. The first-order valence-electron chi connectivity index (χ1n) is 13.4. The molecular weight excluding hydrogens is 456 g/mol. The lowest BCUT2D eigenvalue weighted by atomic mass is 9.45. The number of benzene rings is 2. The number of carbonyl (C=O) groups excluding carboxylic acids is 1. The minimum absolute atomic E-state index is 0.125. The van der Waals surface area contributed by atoms with Gasteiger partial charge in [-0.25, -0.2) is 0 Å². The van der Waals surface area contributed by atoms with Crippen LogP contribution in [0.3, 0.4) is 0 Å². The summed E-state index contributed by atoms with van der Waals surface area (Å²) in [4.78, 5) is 18.2. The zero-order chi connectivity index (χ0) is 24.4. The summed E-state index contributed by atoms with van der Waals surface area (Å²) in [5.41, 5.74) is -0.0275. The molecule has 0 unspecified atom stereocenters. The van der Waals surface area contributed by atoms with E-state index >= 15 is 0 Å². The molecule has 2 aromatic carbocycles. The minimum Gasteiger partial charge on any atom is -0.504 e. The van der Waals surface area contributed by atoms with Crippen molar-refractivity contribution >= 4 is 11.6 Å². The van der Waals surface area contributed by atoms with Gasteiger partial charge in [-0.2, -0.15) is 0 Å². The first-order chi connectivity index (χ1) is 17.4. The van der Waals surface area contributed by atoms with Crippen LogP contribution in [0.2, 0.25) is 0 Å². The van der Waals surface area contributed by atoms with Gasteiger partial charge in [-0.15, -0.1) is 0 Å². The topological polar surface area (TPSA) is 82.5 Å². The molecule has 1 amide bonds. The highest BCUT2D eigenvalue weighted by atomic mass is 16.5. The summed E-state index contributed by atoms with van der Waals surface area (Å²) < 4.78 is 12.6. The van der Waals surface area contributed by atoms with E-state index in [0.29, 0.717) is 24.3 Å². The van der Waals surface area contributed by atoms with E-state index < -0.39 is 28.8 Å². The number of carbonyl (C=O) groups is 1. The second kappa shape index (κ2) is 6.82. The Labute approximate surface area is 210 Å². The zero-order valence-corrected chi connectivity index (χ0v) is 20.5. The molecular formula is C29H32N2O5. The summed E-state index contributed by atoms with van der Waals surface area (Å²) in [7, 11) is 1.57. The number of fused-ring (bicyclic) bond motifs is 1. The number of piperidine rings is 1. The fraction of sp³-hybridized carbons (Fsp3) is 0.552. The Balaban J connectivity index is 1.37. The van der Waals surface area contributed by atoms with Crippen molar-refractivity contribution in [3.63, 3.8) is 0 Å². The van der Waals surface area contributed by atoms with E-state index in [0.717, 1.165) is 43.0 Å². The number of methoxy groups -OCH3 is 1. The number of rotatable bonds is 4. The van der Waals surface area contributed by atoms with Crippen molar-refractivity contribution in [1.29, 1.82) is 0 Å². The van der Waals surface area contributed by atoms with Crippen molar-refractivity contribution in [2.75, 3.05) is 25.1 Å². The fourth-order valence-electron chi connectivity index (χ4n) is 9.03. The molecule has 36 heavy (non-hydrogen) atoms. The summed E-state index contributed by atoms with van der Waals surface area (Å²) >= 11 is 0. The van der Waals surface area contributed by atoms with Crippen molar-refractivity contribution in [2.45, 2.75) is 67.4 Å². The van der Waals surface area contributed by atoms with E-state index in [1.165, 1.54) is 12.8 Å². The Hall–Kier alpha value is -2.61. The van der Waals surface area contributed by atoms with Crippen LogP contribution in [-0.4, -0.2) is 64.7 Å². The Kier molecular flexibility index (Phi) is 4.07. The van der Waals surface area contributed by atoms with Crippen LogP contribution in [0.15, 0.2) is 42.5 Å². The highest BCUT2D eigenvalue weighted by Gasteiger charge is 2.84. The molecule has 3 heterocycles. The molecule has 6 atom stereocenters. The van der Waals surface area contributed by atoms with Gasteiger partial charge < -0.3 is 19.7 Å². The van der Waals surface area contributed by atoms with Crippen LogP contribution in [-0.2, 0) is 21.4 Å². The second-order valence-corrected chi connectivity index (χ2v) is 11.8. The van der Waals surface area contributed by atoms with E-state index in [1.807, 2.05) is 36.4 Å². The predicted octanol–water partition coefficient (Wildman–Crippen LogP) is 2.96. The van der Waals surface area contributed by atoms with E-state index in [4.69, 9.17) is 9.47 Å². The number of hydrogen-bond donors (Lipinski definition) is 2. The van der Waals surface area contributed by atoms with Gasteiger partial charge in [0.2, 0.25) is 0 Å². The number of anilines is 1. The second-order valence-electron chi connectivity index (χ2n) is 11.8. The first-order valence-corrected chi connectivity index (χ1v) is 13.4. The number of para-hydroxylation sites is 1. The average molecular weight is 489 g/mol. The highest BCUT2D eigenvalue weighted by molar-refractivity contribution is 6.02. The Morgan fingerprint density at radius 2 is 1.92 bits per heavy atom. The third kappa shape index (κ3) is 2.30. The van der Waals surface area contributed by atoms with E-state index in [9.17, 15) is 15.0 Å². The molecule has 5 fully saturated rings. The lowest BCUT2D eigenvalue weighted by Crippen LogP contribution is -2.76. The summed E-state index contributed by atoms with van der Waals surface area (Å²) in [6, 6.07) is 13.5. The quantitative estimate of drug-likeness (QED) is 0.689. The van der Waals surface area contributed by atoms with Crippen LogP contribution in [0.25, 0.3) is 0 Å². The molecule has 6 aliphatic rings. The maximum absolute atomic E-state index is 14.0. The van der Waals surface area contributed by atoms with Gasteiger partial charge in [-0.05, 0) is 74.8 Å². The molecule has 3 aliphatic heterocycles. The standard InChI is InChI=1S/C29H32N2O5/c1-35-20-10-9-18-15-21-28-11-12-29(34)25(24(36-28)26(33)31(29)19-5-3-2-4-6-19)27(28,22(18)23(20)32)13-14-30(21)16-17-7-8-17/h2-6,9-10,17,21,24-25,32,34H,7-8,11-16H2,1H3/t21-,24+,25+,27+,28+,29+/m1/s1. The molecule has 2 N–H and O–H groups in total. The molecule has 4 bridgehead atoms. The molecule has 7 heteroatoms. The normalized spacial score (nSPS) is 40.2. The third-order valence-corrected chi connectivity index (χ3v) is 10.4. The lowest BCUT2D eigenvalue weighted by molar-refractivity contribution is -0.188. The number of hydrogen-bond acceptors (Lipinski definition) is 6.